The monoisotopic (exact) mass is 406 g/mol. The van der Waals surface area contributed by atoms with E-state index in [0.29, 0.717) is 35.1 Å². The minimum atomic E-state index is -0.563. The zero-order valence-corrected chi connectivity index (χ0v) is 17.1. The van der Waals surface area contributed by atoms with Crippen molar-refractivity contribution in [2.45, 2.75) is 32.7 Å². The summed E-state index contributed by atoms with van der Waals surface area (Å²) in [6, 6.07) is 14.4. The van der Waals surface area contributed by atoms with E-state index in [-0.39, 0.29) is 18.2 Å². The summed E-state index contributed by atoms with van der Waals surface area (Å²) in [6.07, 6.45) is 0.791. The lowest BCUT2D eigenvalue weighted by atomic mass is 10.1. The van der Waals surface area contributed by atoms with Crippen molar-refractivity contribution in [2.75, 3.05) is 13.1 Å². The third-order valence-corrected chi connectivity index (χ3v) is 4.95. The molecule has 0 bridgehead atoms. The largest absolute Gasteiger partial charge is 0.355 e. The van der Waals surface area contributed by atoms with Gasteiger partial charge in [0.15, 0.2) is 0 Å². The number of likely N-dealkylation sites (N-methyl/N-ethyl adjacent to an activating group) is 1. The summed E-state index contributed by atoms with van der Waals surface area (Å²) in [5, 5.41) is 3.75. The molecule has 0 saturated carbocycles. The quantitative estimate of drug-likeness (QED) is 0.716. The molecule has 144 valence electrons. The molecule has 1 N–H and O–H groups in total. The molecule has 0 aromatic heterocycles. The molecule has 4 nitrogen and oxygen atoms in total. The van der Waals surface area contributed by atoms with Gasteiger partial charge in [-0.05, 0) is 43.5 Å². The highest BCUT2D eigenvalue weighted by Gasteiger charge is 2.25. The number of nitrogens with one attached hydrogen (secondary N) is 1. The molecule has 0 heterocycles. The third kappa shape index (κ3) is 6.26. The van der Waals surface area contributed by atoms with Crippen LogP contribution in [0.2, 0.25) is 10.0 Å². The number of rotatable bonds is 8. The number of hydrogen-bond donors (Lipinski definition) is 1. The zero-order chi connectivity index (χ0) is 19.8. The zero-order valence-electron chi connectivity index (χ0n) is 15.5. The average molecular weight is 407 g/mol. The SMILES string of the molecule is CCNC(=O)C(C)N(CCc1ccccc1)C(=O)Cc1ccc(Cl)cc1Cl. The molecule has 1 atom stereocenters. The van der Waals surface area contributed by atoms with Crippen molar-refractivity contribution in [2.24, 2.45) is 0 Å². The Labute approximate surface area is 170 Å². The molecule has 0 spiro atoms. The van der Waals surface area contributed by atoms with E-state index in [1.807, 2.05) is 37.3 Å². The predicted octanol–water partition coefficient (Wildman–Crippen LogP) is 4.13. The Morgan fingerprint density at radius 2 is 1.81 bits per heavy atom. The first-order valence-electron chi connectivity index (χ1n) is 8.97. The molecule has 0 aliphatic rings. The van der Waals surface area contributed by atoms with E-state index in [1.54, 1.807) is 30.0 Å². The van der Waals surface area contributed by atoms with Gasteiger partial charge in [0.25, 0.3) is 0 Å². The van der Waals surface area contributed by atoms with Crippen LogP contribution >= 0.6 is 23.2 Å². The molecule has 2 amide bonds. The summed E-state index contributed by atoms with van der Waals surface area (Å²) < 4.78 is 0. The fraction of sp³-hybridized carbons (Fsp3) is 0.333. The van der Waals surface area contributed by atoms with Crippen LogP contribution in [0, 0.1) is 0 Å². The minimum Gasteiger partial charge on any atom is -0.355 e. The number of carbonyl (C=O) groups is 2. The Kier molecular flexibility index (Phi) is 8.14. The Bertz CT molecular complexity index is 781. The van der Waals surface area contributed by atoms with Gasteiger partial charge in [-0.15, -0.1) is 0 Å². The Morgan fingerprint density at radius 1 is 1.11 bits per heavy atom. The Hall–Kier alpha value is -2.04. The molecule has 0 aliphatic carbocycles. The first-order valence-corrected chi connectivity index (χ1v) is 9.73. The molecule has 0 saturated heterocycles. The van der Waals surface area contributed by atoms with Gasteiger partial charge in [0.2, 0.25) is 11.8 Å². The summed E-state index contributed by atoms with van der Waals surface area (Å²) in [6.45, 7) is 4.57. The van der Waals surface area contributed by atoms with Crippen molar-refractivity contribution in [1.82, 2.24) is 10.2 Å². The van der Waals surface area contributed by atoms with Gasteiger partial charge >= 0.3 is 0 Å². The van der Waals surface area contributed by atoms with Gasteiger partial charge in [-0.3, -0.25) is 9.59 Å². The smallest absolute Gasteiger partial charge is 0.242 e. The minimum absolute atomic E-state index is 0.120. The van der Waals surface area contributed by atoms with Gasteiger partial charge in [-0.1, -0.05) is 59.6 Å². The summed E-state index contributed by atoms with van der Waals surface area (Å²) in [5.74, 6) is -0.310. The summed E-state index contributed by atoms with van der Waals surface area (Å²) >= 11 is 12.1. The van der Waals surface area contributed by atoms with Gasteiger partial charge in [-0.25, -0.2) is 0 Å². The summed E-state index contributed by atoms with van der Waals surface area (Å²) in [4.78, 5) is 26.9. The highest BCUT2D eigenvalue weighted by molar-refractivity contribution is 6.35. The van der Waals surface area contributed by atoms with Gasteiger partial charge in [-0.2, -0.15) is 0 Å². The van der Waals surface area contributed by atoms with E-state index < -0.39 is 6.04 Å². The maximum absolute atomic E-state index is 13.0. The van der Waals surface area contributed by atoms with E-state index in [2.05, 4.69) is 5.32 Å². The molecule has 0 fully saturated rings. The summed E-state index contributed by atoms with van der Waals surface area (Å²) in [7, 11) is 0. The average Bonchev–Trinajstić information content (AvgIpc) is 2.65. The normalized spacial score (nSPS) is 11.7. The number of nitrogens with zero attached hydrogens (tertiary/aromatic N) is 1. The van der Waals surface area contributed by atoms with Gasteiger partial charge < -0.3 is 10.2 Å². The molecule has 2 aromatic carbocycles. The van der Waals surface area contributed by atoms with Crippen LogP contribution in [0.5, 0.6) is 0 Å². The number of amides is 2. The van der Waals surface area contributed by atoms with Crippen LogP contribution in [-0.4, -0.2) is 35.8 Å². The highest BCUT2D eigenvalue weighted by atomic mass is 35.5. The van der Waals surface area contributed by atoms with Crippen molar-refractivity contribution in [3.05, 3.63) is 69.7 Å². The lowest BCUT2D eigenvalue weighted by Gasteiger charge is -2.29. The molecule has 6 heteroatoms. The fourth-order valence-corrected chi connectivity index (χ4v) is 3.30. The number of hydrogen-bond acceptors (Lipinski definition) is 2. The maximum atomic E-state index is 13.0. The van der Waals surface area contributed by atoms with Crippen molar-refractivity contribution < 1.29 is 9.59 Å². The second kappa shape index (κ2) is 10.3. The molecule has 0 radical (unpaired) electrons. The lowest BCUT2D eigenvalue weighted by Crippen LogP contribution is -2.49. The van der Waals surface area contributed by atoms with Crippen molar-refractivity contribution in [3.63, 3.8) is 0 Å². The van der Waals surface area contributed by atoms with Crippen LogP contribution in [0.4, 0.5) is 0 Å². The molecular formula is C21H24Cl2N2O2. The van der Waals surface area contributed by atoms with Crippen LogP contribution in [0.15, 0.2) is 48.5 Å². The fourth-order valence-electron chi connectivity index (χ4n) is 2.82. The van der Waals surface area contributed by atoms with Crippen LogP contribution in [0.25, 0.3) is 0 Å². The number of benzene rings is 2. The van der Waals surface area contributed by atoms with Crippen molar-refractivity contribution >= 4 is 35.0 Å². The molecular weight excluding hydrogens is 383 g/mol. The van der Waals surface area contributed by atoms with Gasteiger partial charge in [0.05, 0.1) is 6.42 Å². The van der Waals surface area contributed by atoms with Gasteiger partial charge in [0.1, 0.15) is 6.04 Å². The number of carbonyl (C=O) groups excluding carboxylic acids is 2. The van der Waals surface area contributed by atoms with E-state index in [9.17, 15) is 9.59 Å². The van der Waals surface area contributed by atoms with E-state index >= 15 is 0 Å². The molecule has 2 aromatic rings. The van der Waals surface area contributed by atoms with Crippen LogP contribution in [-0.2, 0) is 22.4 Å². The van der Waals surface area contributed by atoms with E-state index in [0.717, 1.165) is 5.56 Å². The van der Waals surface area contributed by atoms with Crippen LogP contribution in [0.3, 0.4) is 0 Å². The van der Waals surface area contributed by atoms with Gasteiger partial charge in [0, 0.05) is 23.1 Å². The Morgan fingerprint density at radius 3 is 2.44 bits per heavy atom. The Balaban J connectivity index is 2.16. The first kappa shape index (κ1) is 21.3. The lowest BCUT2D eigenvalue weighted by molar-refractivity contribution is -0.139. The highest BCUT2D eigenvalue weighted by Crippen LogP contribution is 2.22. The molecule has 27 heavy (non-hydrogen) atoms. The third-order valence-electron chi connectivity index (χ3n) is 4.36. The topological polar surface area (TPSA) is 49.4 Å². The number of halogens is 2. The maximum Gasteiger partial charge on any atom is 0.242 e. The van der Waals surface area contributed by atoms with E-state index in [4.69, 9.17) is 23.2 Å². The van der Waals surface area contributed by atoms with E-state index in [1.165, 1.54) is 0 Å². The van der Waals surface area contributed by atoms with Crippen molar-refractivity contribution in [3.8, 4) is 0 Å². The van der Waals surface area contributed by atoms with Crippen LogP contribution < -0.4 is 5.32 Å². The standard InChI is InChI=1S/C21H24Cl2N2O2/c1-3-24-21(27)15(2)25(12-11-16-7-5-4-6-8-16)20(26)13-17-9-10-18(22)14-19(17)23/h4-10,14-15H,3,11-13H2,1-2H3,(H,24,27). The molecule has 1 unspecified atom stereocenters. The second-order valence-electron chi connectivity index (χ2n) is 6.31. The molecule has 0 aliphatic heterocycles. The summed E-state index contributed by atoms with van der Waals surface area (Å²) in [5.41, 5.74) is 1.81. The first-order chi connectivity index (χ1) is 12.9. The second-order valence-corrected chi connectivity index (χ2v) is 7.15. The molecule has 2 rings (SSSR count). The predicted molar refractivity (Wildman–Crippen MR) is 110 cm³/mol. The van der Waals surface area contributed by atoms with Crippen molar-refractivity contribution in [1.29, 1.82) is 0 Å². The van der Waals surface area contributed by atoms with Crippen LogP contribution in [0.1, 0.15) is 25.0 Å².